The first kappa shape index (κ1) is 28.1. The number of hydrazine groups is 1. The minimum Gasteiger partial charge on any atom is -0.459 e. The van der Waals surface area contributed by atoms with Crippen molar-refractivity contribution in [1.29, 1.82) is 0 Å². The number of rotatable bonds is 20. The molecule has 10 heteroatoms. The number of furan rings is 1. The molecule has 2 heterocycles. The molecule has 0 atom stereocenters. The number of nitrogens with one attached hydrogen (secondary N) is 3. The summed E-state index contributed by atoms with van der Waals surface area (Å²) in [7, 11) is 0. The fraction of sp³-hybridized carbons (Fsp3) is 0.640. The maximum absolute atomic E-state index is 12.0. The lowest BCUT2D eigenvalue weighted by atomic mass is 10.0. The Labute approximate surface area is 207 Å². The van der Waals surface area contributed by atoms with Gasteiger partial charge in [0, 0.05) is 6.54 Å². The van der Waals surface area contributed by atoms with Crippen LogP contribution in [0, 0.1) is 10.1 Å². The van der Waals surface area contributed by atoms with Crippen molar-refractivity contribution in [3.63, 3.8) is 0 Å². The summed E-state index contributed by atoms with van der Waals surface area (Å²) in [6.07, 6.45) is 20.4. The Bertz CT molecular complexity index is 860. The summed E-state index contributed by atoms with van der Waals surface area (Å²) in [6.45, 7) is 2.83. The van der Waals surface area contributed by atoms with Crippen LogP contribution in [0.5, 0.6) is 0 Å². The molecule has 2 rings (SSSR count). The van der Waals surface area contributed by atoms with Crippen molar-refractivity contribution in [2.75, 3.05) is 17.3 Å². The molecule has 0 radical (unpaired) electrons. The van der Waals surface area contributed by atoms with Crippen molar-refractivity contribution in [3.05, 3.63) is 40.6 Å². The quantitative estimate of drug-likeness (QED) is 0.107. The van der Waals surface area contributed by atoms with Crippen molar-refractivity contribution in [1.82, 2.24) is 15.4 Å². The van der Waals surface area contributed by atoms with E-state index in [4.69, 9.17) is 4.42 Å². The van der Waals surface area contributed by atoms with E-state index < -0.39 is 10.8 Å². The monoisotopic (exact) mass is 488 g/mol. The lowest BCUT2D eigenvalue weighted by Gasteiger charge is -2.10. The zero-order valence-corrected chi connectivity index (χ0v) is 20.9. The smallest absolute Gasteiger partial charge is 0.354 e. The lowest BCUT2D eigenvalue weighted by molar-refractivity contribution is -0.383. The molecule has 0 aliphatic carbocycles. The summed E-state index contributed by atoms with van der Waals surface area (Å²) in [6, 6.07) is 3.05. The number of nitrogens with zero attached hydrogens (tertiary/aromatic N) is 3. The Kier molecular flexibility index (Phi) is 13.9. The molecule has 3 N–H and O–H groups in total. The summed E-state index contributed by atoms with van der Waals surface area (Å²) in [4.78, 5) is 30.9. The molecule has 0 saturated heterocycles. The summed E-state index contributed by atoms with van der Waals surface area (Å²) in [5.74, 6) is -0.479. The average molecular weight is 489 g/mol. The Hall–Kier alpha value is -3.17. The van der Waals surface area contributed by atoms with E-state index in [-0.39, 0.29) is 23.1 Å². The van der Waals surface area contributed by atoms with E-state index in [1.54, 1.807) is 6.07 Å². The minimum atomic E-state index is -0.574. The van der Waals surface area contributed by atoms with E-state index in [1.165, 1.54) is 89.3 Å². The summed E-state index contributed by atoms with van der Waals surface area (Å²) in [5, 5.41) is 14.6. The Balaban J connectivity index is 1.59. The highest BCUT2D eigenvalue weighted by Crippen LogP contribution is 2.28. The SMILES string of the molecule is CCCCCCCCCCCCCCCCNc1ncnc(NNC(=O)c2ccco2)c1[N+](=O)[O-]. The molecule has 1 amide bonds. The third kappa shape index (κ3) is 11.2. The molecule has 2 aromatic heterocycles. The van der Waals surface area contributed by atoms with Crippen molar-refractivity contribution in [3.8, 4) is 0 Å². The third-order valence-corrected chi connectivity index (χ3v) is 5.87. The van der Waals surface area contributed by atoms with Gasteiger partial charge in [-0.3, -0.25) is 25.8 Å². The van der Waals surface area contributed by atoms with E-state index in [2.05, 4.69) is 33.1 Å². The number of unbranched alkanes of at least 4 members (excludes halogenated alkanes) is 13. The van der Waals surface area contributed by atoms with E-state index in [1.807, 2.05) is 0 Å². The molecule has 0 fully saturated rings. The van der Waals surface area contributed by atoms with Gasteiger partial charge in [-0.1, -0.05) is 90.4 Å². The van der Waals surface area contributed by atoms with Gasteiger partial charge in [0.05, 0.1) is 11.2 Å². The van der Waals surface area contributed by atoms with Gasteiger partial charge in [0.1, 0.15) is 6.33 Å². The number of hydrogen-bond acceptors (Lipinski definition) is 8. The van der Waals surface area contributed by atoms with Gasteiger partial charge in [-0.2, -0.15) is 0 Å². The number of aromatic nitrogens is 2. The summed E-state index contributed by atoms with van der Waals surface area (Å²) < 4.78 is 4.99. The van der Waals surface area contributed by atoms with Crippen LogP contribution in [0.25, 0.3) is 0 Å². The zero-order chi connectivity index (χ0) is 25.1. The maximum atomic E-state index is 12.0. The molecule has 0 bridgehead atoms. The first-order chi connectivity index (χ1) is 17.1. The molecule has 194 valence electrons. The van der Waals surface area contributed by atoms with Crippen molar-refractivity contribution < 1.29 is 14.1 Å². The predicted molar refractivity (Wildman–Crippen MR) is 137 cm³/mol. The second-order valence-electron chi connectivity index (χ2n) is 8.76. The Morgan fingerprint density at radius 2 is 1.49 bits per heavy atom. The zero-order valence-electron chi connectivity index (χ0n) is 20.9. The molecule has 0 aliphatic heterocycles. The van der Waals surface area contributed by atoms with Crippen LogP contribution >= 0.6 is 0 Å². The fourth-order valence-electron chi connectivity index (χ4n) is 3.88. The van der Waals surface area contributed by atoms with Gasteiger partial charge in [0.25, 0.3) is 0 Å². The van der Waals surface area contributed by atoms with Crippen LogP contribution in [0.4, 0.5) is 17.3 Å². The highest BCUT2D eigenvalue weighted by atomic mass is 16.6. The number of carbonyl (C=O) groups excluding carboxylic acids is 1. The molecular formula is C25H40N6O4. The molecule has 10 nitrogen and oxygen atoms in total. The number of anilines is 2. The van der Waals surface area contributed by atoms with Gasteiger partial charge in [0.15, 0.2) is 5.76 Å². The molecule has 0 saturated carbocycles. The average Bonchev–Trinajstić information content (AvgIpc) is 3.40. The van der Waals surface area contributed by atoms with Crippen molar-refractivity contribution in [2.45, 2.75) is 96.8 Å². The largest absolute Gasteiger partial charge is 0.459 e. The number of amides is 1. The van der Waals surface area contributed by atoms with Crippen molar-refractivity contribution in [2.24, 2.45) is 0 Å². The lowest BCUT2D eigenvalue weighted by Crippen LogP contribution is -2.30. The second kappa shape index (κ2) is 17.3. The van der Waals surface area contributed by atoms with Gasteiger partial charge < -0.3 is 9.73 Å². The van der Waals surface area contributed by atoms with Gasteiger partial charge in [-0.15, -0.1) is 0 Å². The van der Waals surface area contributed by atoms with Crippen LogP contribution < -0.4 is 16.2 Å². The molecule has 0 aliphatic rings. The normalized spacial score (nSPS) is 10.8. The number of nitro groups is 1. The highest BCUT2D eigenvalue weighted by Gasteiger charge is 2.23. The molecule has 35 heavy (non-hydrogen) atoms. The van der Waals surface area contributed by atoms with Crippen LogP contribution in [0.2, 0.25) is 0 Å². The van der Waals surface area contributed by atoms with Crippen LogP contribution in [0.15, 0.2) is 29.1 Å². The minimum absolute atomic E-state index is 0.0744. The van der Waals surface area contributed by atoms with Gasteiger partial charge >= 0.3 is 11.6 Å². The molecule has 0 spiro atoms. The molecule has 0 unspecified atom stereocenters. The van der Waals surface area contributed by atoms with Crippen LogP contribution in [0.1, 0.15) is 107 Å². The first-order valence-electron chi connectivity index (χ1n) is 13.0. The van der Waals surface area contributed by atoms with Crippen LogP contribution in [0.3, 0.4) is 0 Å². The predicted octanol–water partition coefficient (Wildman–Crippen LogP) is 6.63. The first-order valence-corrected chi connectivity index (χ1v) is 13.0. The van der Waals surface area contributed by atoms with E-state index in [9.17, 15) is 14.9 Å². The van der Waals surface area contributed by atoms with Gasteiger partial charge in [-0.25, -0.2) is 9.97 Å². The second-order valence-corrected chi connectivity index (χ2v) is 8.76. The van der Waals surface area contributed by atoms with Crippen molar-refractivity contribution >= 4 is 23.2 Å². The third-order valence-electron chi connectivity index (χ3n) is 5.87. The standard InChI is InChI=1S/C25H40N6O4/c1-2-3-4-5-6-7-8-9-10-11-12-13-14-15-18-26-23-22(31(33)34)24(28-20-27-23)29-30-25(32)21-17-16-19-35-21/h16-17,19-20H,2-15,18H2,1H3,(H,30,32)(H2,26,27,28,29). The number of hydrogen-bond donors (Lipinski definition) is 3. The fourth-order valence-corrected chi connectivity index (χ4v) is 3.88. The van der Waals surface area contributed by atoms with Crippen LogP contribution in [-0.4, -0.2) is 27.3 Å². The maximum Gasteiger partial charge on any atom is 0.354 e. The number of carbonyl (C=O) groups is 1. The van der Waals surface area contributed by atoms with E-state index >= 15 is 0 Å². The Morgan fingerprint density at radius 1 is 0.914 bits per heavy atom. The topological polar surface area (TPSA) is 135 Å². The molecule has 0 aromatic carbocycles. The van der Waals surface area contributed by atoms with E-state index in [0.717, 1.165) is 19.3 Å². The van der Waals surface area contributed by atoms with Gasteiger partial charge in [0.2, 0.25) is 11.6 Å². The van der Waals surface area contributed by atoms with Crippen LogP contribution in [-0.2, 0) is 0 Å². The highest BCUT2D eigenvalue weighted by molar-refractivity contribution is 5.92. The summed E-state index contributed by atoms with van der Waals surface area (Å²) >= 11 is 0. The molecule has 2 aromatic rings. The van der Waals surface area contributed by atoms with Gasteiger partial charge in [-0.05, 0) is 18.6 Å². The Morgan fingerprint density at radius 3 is 2.03 bits per heavy atom. The molecular weight excluding hydrogens is 448 g/mol. The van der Waals surface area contributed by atoms with E-state index in [0.29, 0.717) is 6.54 Å². The summed E-state index contributed by atoms with van der Waals surface area (Å²) in [5.41, 5.74) is 4.50.